The third-order valence-electron chi connectivity index (χ3n) is 2.33. The van der Waals surface area contributed by atoms with Gasteiger partial charge >= 0.3 is 0 Å². The van der Waals surface area contributed by atoms with Crippen molar-refractivity contribution in [2.24, 2.45) is 5.73 Å². The van der Waals surface area contributed by atoms with Crippen LogP contribution in [0.3, 0.4) is 0 Å². The summed E-state index contributed by atoms with van der Waals surface area (Å²) in [5, 5.41) is 12.9. The van der Waals surface area contributed by atoms with Crippen LogP contribution in [0, 0.1) is 13.8 Å². The summed E-state index contributed by atoms with van der Waals surface area (Å²) in [6, 6.07) is 3.90. The van der Waals surface area contributed by atoms with Crippen molar-refractivity contribution in [1.29, 1.82) is 0 Å². The largest absolute Gasteiger partial charge is 0.507 e. The number of hydrogen-bond acceptors (Lipinski definition) is 3. The van der Waals surface area contributed by atoms with Crippen molar-refractivity contribution in [3.8, 4) is 5.75 Å². The number of hydrogen-bond donors (Lipinski definition) is 3. The van der Waals surface area contributed by atoms with Crippen molar-refractivity contribution in [2.45, 2.75) is 20.3 Å². The molecule has 0 radical (unpaired) electrons. The van der Waals surface area contributed by atoms with Gasteiger partial charge in [-0.1, -0.05) is 6.07 Å². The van der Waals surface area contributed by atoms with Gasteiger partial charge in [0.15, 0.2) is 0 Å². The Morgan fingerprint density at radius 3 is 2.71 bits per heavy atom. The highest BCUT2D eigenvalue weighted by molar-refractivity contribution is 5.58. The average Bonchev–Trinajstić information content (AvgIpc) is 2.18. The van der Waals surface area contributed by atoms with E-state index in [-0.39, 0.29) is 0 Å². The predicted molar refractivity (Wildman–Crippen MR) is 59.7 cm³/mol. The molecule has 3 nitrogen and oxygen atoms in total. The van der Waals surface area contributed by atoms with Gasteiger partial charge in [-0.05, 0) is 38.4 Å². The molecule has 1 aromatic rings. The molecule has 0 aliphatic carbocycles. The van der Waals surface area contributed by atoms with Gasteiger partial charge in [-0.15, -0.1) is 0 Å². The van der Waals surface area contributed by atoms with E-state index in [9.17, 15) is 5.11 Å². The molecule has 1 rings (SSSR count). The van der Waals surface area contributed by atoms with Gasteiger partial charge in [0.25, 0.3) is 0 Å². The van der Waals surface area contributed by atoms with E-state index in [2.05, 4.69) is 5.32 Å². The van der Waals surface area contributed by atoms with Crippen LogP contribution < -0.4 is 11.1 Å². The second-order valence-electron chi connectivity index (χ2n) is 3.47. The quantitative estimate of drug-likeness (QED) is 0.640. The minimum Gasteiger partial charge on any atom is -0.507 e. The third kappa shape index (κ3) is 2.39. The number of anilines is 1. The smallest absolute Gasteiger partial charge is 0.123 e. The number of nitrogens with two attached hydrogens (primary N) is 1. The summed E-state index contributed by atoms with van der Waals surface area (Å²) in [5.41, 5.74) is 8.20. The SMILES string of the molecule is Cc1ccc(NCCCN)c(C)c1O. The Labute approximate surface area is 84.9 Å². The summed E-state index contributed by atoms with van der Waals surface area (Å²) in [5.74, 6) is 0.378. The van der Waals surface area contributed by atoms with Crippen molar-refractivity contribution < 1.29 is 5.11 Å². The summed E-state index contributed by atoms with van der Waals surface area (Å²) in [6.45, 7) is 5.34. The molecule has 0 saturated carbocycles. The Bertz CT molecular complexity index is 310. The van der Waals surface area contributed by atoms with Crippen LogP contribution in [0.4, 0.5) is 5.69 Å². The number of benzene rings is 1. The molecule has 0 heterocycles. The zero-order valence-corrected chi connectivity index (χ0v) is 8.80. The minimum atomic E-state index is 0.378. The first-order valence-electron chi connectivity index (χ1n) is 4.90. The average molecular weight is 194 g/mol. The fourth-order valence-electron chi connectivity index (χ4n) is 1.35. The molecule has 0 atom stereocenters. The summed E-state index contributed by atoms with van der Waals surface area (Å²) in [6.07, 6.45) is 0.939. The molecule has 4 N–H and O–H groups in total. The third-order valence-corrected chi connectivity index (χ3v) is 2.33. The molecule has 0 amide bonds. The zero-order valence-electron chi connectivity index (χ0n) is 8.80. The summed E-state index contributed by atoms with van der Waals surface area (Å²) < 4.78 is 0. The van der Waals surface area contributed by atoms with Crippen LogP contribution in [0.1, 0.15) is 17.5 Å². The molecule has 0 spiro atoms. The molecule has 0 aliphatic rings. The maximum atomic E-state index is 9.68. The van der Waals surface area contributed by atoms with Gasteiger partial charge in [-0.3, -0.25) is 0 Å². The number of rotatable bonds is 4. The van der Waals surface area contributed by atoms with E-state index < -0.39 is 0 Å². The van der Waals surface area contributed by atoms with Gasteiger partial charge in [0.05, 0.1) is 0 Å². The highest BCUT2D eigenvalue weighted by Crippen LogP contribution is 2.27. The first-order chi connectivity index (χ1) is 6.66. The predicted octanol–water partition coefficient (Wildman–Crippen LogP) is 1.77. The maximum absolute atomic E-state index is 9.68. The fraction of sp³-hybridized carbons (Fsp3) is 0.455. The normalized spacial score (nSPS) is 10.2. The van der Waals surface area contributed by atoms with Crippen LogP contribution in [0.2, 0.25) is 0 Å². The highest BCUT2D eigenvalue weighted by Gasteiger charge is 2.04. The molecule has 0 saturated heterocycles. The first kappa shape index (κ1) is 10.9. The number of phenolic OH excluding ortho intramolecular Hbond substituents is 1. The molecule has 0 fully saturated rings. The van der Waals surface area contributed by atoms with E-state index in [1.54, 1.807) is 0 Å². The van der Waals surface area contributed by atoms with E-state index >= 15 is 0 Å². The first-order valence-corrected chi connectivity index (χ1v) is 4.90. The van der Waals surface area contributed by atoms with Gasteiger partial charge in [0.2, 0.25) is 0 Å². The number of aromatic hydroxyl groups is 1. The van der Waals surface area contributed by atoms with Crippen LogP contribution in [0.15, 0.2) is 12.1 Å². The Morgan fingerprint density at radius 2 is 2.07 bits per heavy atom. The van der Waals surface area contributed by atoms with Gasteiger partial charge in [0.1, 0.15) is 5.75 Å². The van der Waals surface area contributed by atoms with Gasteiger partial charge in [-0.2, -0.15) is 0 Å². The molecule has 1 aromatic carbocycles. The van der Waals surface area contributed by atoms with Gasteiger partial charge in [0, 0.05) is 17.8 Å². The number of phenols is 1. The van der Waals surface area contributed by atoms with Crippen LogP contribution in [-0.4, -0.2) is 18.2 Å². The lowest BCUT2D eigenvalue weighted by molar-refractivity contribution is 0.467. The zero-order chi connectivity index (χ0) is 10.6. The number of aryl methyl sites for hydroxylation is 1. The topological polar surface area (TPSA) is 58.3 Å². The van der Waals surface area contributed by atoms with Gasteiger partial charge < -0.3 is 16.2 Å². The van der Waals surface area contributed by atoms with Crippen molar-refractivity contribution >= 4 is 5.69 Å². The van der Waals surface area contributed by atoms with E-state index in [0.29, 0.717) is 12.3 Å². The Morgan fingerprint density at radius 1 is 1.36 bits per heavy atom. The van der Waals surface area contributed by atoms with E-state index in [1.807, 2.05) is 26.0 Å². The monoisotopic (exact) mass is 194 g/mol. The summed E-state index contributed by atoms with van der Waals surface area (Å²) >= 11 is 0. The molecule has 0 aliphatic heterocycles. The maximum Gasteiger partial charge on any atom is 0.123 e. The molecule has 0 bridgehead atoms. The van der Waals surface area contributed by atoms with Crippen LogP contribution in [0.25, 0.3) is 0 Å². The van der Waals surface area contributed by atoms with E-state index in [0.717, 1.165) is 29.8 Å². The lowest BCUT2D eigenvalue weighted by Crippen LogP contribution is -2.09. The Hall–Kier alpha value is -1.22. The lowest BCUT2D eigenvalue weighted by Gasteiger charge is -2.11. The van der Waals surface area contributed by atoms with Crippen molar-refractivity contribution in [3.05, 3.63) is 23.3 Å². The number of nitrogens with one attached hydrogen (secondary N) is 1. The van der Waals surface area contributed by atoms with Crippen LogP contribution in [-0.2, 0) is 0 Å². The summed E-state index contributed by atoms with van der Waals surface area (Å²) in [7, 11) is 0. The molecule has 78 valence electrons. The van der Waals surface area contributed by atoms with Gasteiger partial charge in [-0.25, -0.2) is 0 Å². The Kier molecular flexibility index (Phi) is 3.77. The fourth-order valence-corrected chi connectivity index (χ4v) is 1.35. The van der Waals surface area contributed by atoms with Crippen molar-refractivity contribution in [1.82, 2.24) is 0 Å². The Balaban J connectivity index is 2.73. The highest BCUT2D eigenvalue weighted by atomic mass is 16.3. The lowest BCUT2D eigenvalue weighted by atomic mass is 10.1. The minimum absolute atomic E-state index is 0.378. The standard InChI is InChI=1S/C11H18N2O/c1-8-4-5-10(9(2)11(8)14)13-7-3-6-12/h4-5,13-14H,3,6-7,12H2,1-2H3. The molecule has 0 aromatic heterocycles. The molecule has 0 unspecified atom stereocenters. The molecular weight excluding hydrogens is 176 g/mol. The molecule has 3 heteroatoms. The van der Waals surface area contributed by atoms with E-state index in [4.69, 9.17) is 5.73 Å². The molecular formula is C11H18N2O. The second kappa shape index (κ2) is 4.86. The van der Waals surface area contributed by atoms with Crippen LogP contribution in [0.5, 0.6) is 5.75 Å². The van der Waals surface area contributed by atoms with Crippen LogP contribution >= 0.6 is 0 Å². The second-order valence-corrected chi connectivity index (χ2v) is 3.47. The molecule has 14 heavy (non-hydrogen) atoms. The van der Waals surface area contributed by atoms with E-state index in [1.165, 1.54) is 0 Å². The van der Waals surface area contributed by atoms with Crippen molar-refractivity contribution in [3.63, 3.8) is 0 Å². The summed E-state index contributed by atoms with van der Waals surface area (Å²) in [4.78, 5) is 0. The van der Waals surface area contributed by atoms with Crippen molar-refractivity contribution in [2.75, 3.05) is 18.4 Å².